The van der Waals surface area contributed by atoms with E-state index in [-0.39, 0.29) is 30.0 Å². The van der Waals surface area contributed by atoms with Gasteiger partial charge in [0.15, 0.2) is 11.6 Å². The first-order valence-electron chi connectivity index (χ1n) is 6.77. The third kappa shape index (κ3) is 4.42. The Labute approximate surface area is 135 Å². The number of hydrogen-bond acceptors (Lipinski definition) is 2. The number of halogens is 4. The largest absolute Gasteiger partial charge is 0.416 e. The number of Topliss-reactive ketones (excluding diaryl/α,β-unsaturated/α-hetero) is 2. The van der Waals surface area contributed by atoms with E-state index in [4.69, 9.17) is 11.6 Å². The maximum atomic E-state index is 12.5. The van der Waals surface area contributed by atoms with Gasteiger partial charge in [0.25, 0.3) is 0 Å². The molecule has 0 spiro atoms. The number of ketones is 2. The van der Waals surface area contributed by atoms with E-state index in [0.717, 1.165) is 24.3 Å². The van der Waals surface area contributed by atoms with Crippen LogP contribution in [0.25, 0.3) is 0 Å². The second-order valence-electron chi connectivity index (χ2n) is 4.90. The van der Waals surface area contributed by atoms with Gasteiger partial charge >= 0.3 is 6.18 Å². The minimum absolute atomic E-state index is 0.0520. The third-order valence-electron chi connectivity index (χ3n) is 3.29. The molecule has 2 aromatic carbocycles. The lowest BCUT2D eigenvalue weighted by atomic mass is 10.0. The highest BCUT2D eigenvalue weighted by Crippen LogP contribution is 2.29. The number of hydrogen-bond donors (Lipinski definition) is 0. The molecule has 0 aliphatic carbocycles. The van der Waals surface area contributed by atoms with Crippen LogP contribution in [0, 0.1) is 0 Å². The summed E-state index contributed by atoms with van der Waals surface area (Å²) in [5.74, 6) is -0.671. The summed E-state index contributed by atoms with van der Waals surface area (Å²) in [6.07, 6.45) is -4.58. The van der Waals surface area contributed by atoms with Crippen molar-refractivity contribution in [1.29, 1.82) is 0 Å². The molecule has 0 aromatic heterocycles. The molecule has 0 N–H and O–H groups in total. The van der Waals surface area contributed by atoms with Crippen molar-refractivity contribution in [3.8, 4) is 0 Å². The molecule has 120 valence electrons. The maximum Gasteiger partial charge on any atom is 0.416 e. The fraction of sp³-hybridized carbons (Fsp3) is 0.176. The first kappa shape index (κ1) is 17.2. The zero-order valence-electron chi connectivity index (χ0n) is 11.9. The Bertz CT molecular complexity index is 721. The van der Waals surface area contributed by atoms with E-state index in [1.165, 1.54) is 0 Å². The molecule has 0 unspecified atom stereocenters. The predicted molar refractivity (Wildman–Crippen MR) is 80.8 cm³/mol. The van der Waals surface area contributed by atoms with Crippen molar-refractivity contribution >= 4 is 23.2 Å². The van der Waals surface area contributed by atoms with Gasteiger partial charge in [0.2, 0.25) is 0 Å². The molecule has 0 amide bonds. The highest BCUT2D eigenvalue weighted by molar-refractivity contribution is 6.34. The first-order valence-corrected chi connectivity index (χ1v) is 7.15. The Morgan fingerprint density at radius 2 is 1.43 bits per heavy atom. The van der Waals surface area contributed by atoms with Crippen LogP contribution in [0.3, 0.4) is 0 Å². The van der Waals surface area contributed by atoms with Crippen LogP contribution >= 0.6 is 11.6 Å². The Kier molecular flexibility index (Phi) is 5.21. The van der Waals surface area contributed by atoms with Crippen molar-refractivity contribution in [1.82, 2.24) is 0 Å². The second kappa shape index (κ2) is 6.96. The monoisotopic (exact) mass is 340 g/mol. The predicted octanol–water partition coefficient (Wildman–Crippen LogP) is 5.20. The normalized spacial score (nSPS) is 11.3. The van der Waals surface area contributed by atoms with E-state index in [1.54, 1.807) is 24.3 Å². The zero-order valence-corrected chi connectivity index (χ0v) is 12.6. The van der Waals surface area contributed by atoms with E-state index < -0.39 is 11.7 Å². The molecule has 0 aliphatic rings. The molecule has 6 heteroatoms. The molecule has 0 saturated carbocycles. The smallest absolute Gasteiger partial charge is 0.294 e. The third-order valence-corrected chi connectivity index (χ3v) is 3.62. The van der Waals surface area contributed by atoms with Gasteiger partial charge in [-0.05, 0) is 24.3 Å². The van der Waals surface area contributed by atoms with Gasteiger partial charge in [0.05, 0.1) is 10.6 Å². The Hall–Kier alpha value is -2.14. The van der Waals surface area contributed by atoms with E-state index >= 15 is 0 Å². The van der Waals surface area contributed by atoms with Crippen molar-refractivity contribution in [3.05, 3.63) is 70.2 Å². The Morgan fingerprint density at radius 3 is 2.00 bits per heavy atom. The fourth-order valence-electron chi connectivity index (χ4n) is 2.04. The van der Waals surface area contributed by atoms with Crippen molar-refractivity contribution in [2.45, 2.75) is 19.0 Å². The number of benzene rings is 2. The molecule has 2 aromatic rings. The van der Waals surface area contributed by atoms with Crippen LogP contribution in [-0.2, 0) is 6.18 Å². The van der Waals surface area contributed by atoms with Crippen molar-refractivity contribution in [2.24, 2.45) is 0 Å². The molecule has 0 fully saturated rings. The van der Waals surface area contributed by atoms with E-state index in [1.807, 2.05) is 0 Å². The van der Waals surface area contributed by atoms with Crippen LogP contribution in [0.15, 0.2) is 48.5 Å². The quantitative estimate of drug-likeness (QED) is 0.701. The van der Waals surface area contributed by atoms with Crippen molar-refractivity contribution in [2.75, 3.05) is 0 Å². The average Bonchev–Trinajstić information content (AvgIpc) is 2.52. The van der Waals surface area contributed by atoms with Gasteiger partial charge in [0, 0.05) is 24.0 Å². The SMILES string of the molecule is O=C(CCC(=O)c1ccccc1Cl)c1ccc(C(F)(F)F)cc1. The molecule has 0 atom stereocenters. The summed E-state index contributed by atoms with van der Waals surface area (Å²) in [7, 11) is 0. The first-order chi connectivity index (χ1) is 10.8. The fourth-order valence-corrected chi connectivity index (χ4v) is 2.28. The number of carbonyl (C=O) groups excluding carboxylic acids is 2. The summed E-state index contributed by atoms with van der Waals surface area (Å²) in [4.78, 5) is 24.0. The van der Waals surface area contributed by atoms with Crippen molar-refractivity contribution < 1.29 is 22.8 Å². The van der Waals surface area contributed by atoms with Gasteiger partial charge in [-0.3, -0.25) is 9.59 Å². The van der Waals surface area contributed by atoms with E-state index in [9.17, 15) is 22.8 Å². The summed E-state index contributed by atoms with van der Waals surface area (Å²) in [5.41, 5.74) is -0.347. The zero-order chi connectivity index (χ0) is 17.0. The van der Waals surface area contributed by atoms with E-state index in [0.29, 0.717) is 10.6 Å². The second-order valence-corrected chi connectivity index (χ2v) is 5.31. The van der Waals surface area contributed by atoms with Crippen LogP contribution < -0.4 is 0 Å². The number of carbonyl (C=O) groups is 2. The molecule has 23 heavy (non-hydrogen) atoms. The lowest BCUT2D eigenvalue weighted by molar-refractivity contribution is -0.137. The summed E-state index contributed by atoms with van der Waals surface area (Å²) in [6, 6.07) is 10.4. The van der Waals surface area contributed by atoms with Crippen LogP contribution in [0.4, 0.5) is 13.2 Å². The van der Waals surface area contributed by atoms with Gasteiger partial charge in [0.1, 0.15) is 0 Å². The molecule has 0 radical (unpaired) electrons. The van der Waals surface area contributed by atoms with Crippen LogP contribution in [-0.4, -0.2) is 11.6 Å². The summed E-state index contributed by atoms with van der Waals surface area (Å²) in [6.45, 7) is 0. The standard InChI is InChI=1S/C17H12ClF3O2/c18-14-4-2-1-3-13(14)16(23)10-9-15(22)11-5-7-12(8-6-11)17(19,20)21/h1-8H,9-10H2. The van der Waals surface area contributed by atoms with Gasteiger partial charge in [-0.1, -0.05) is 35.9 Å². The number of alkyl halides is 3. The topological polar surface area (TPSA) is 34.1 Å². The minimum atomic E-state index is -4.44. The number of rotatable bonds is 5. The summed E-state index contributed by atoms with van der Waals surface area (Å²) in [5, 5.41) is 0.305. The highest BCUT2D eigenvalue weighted by atomic mass is 35.5. The van der Waals surface area contributed by atoms with Crippen LogP contribution in [0.1, 0.15) is 39.1 Å². The van der Waals surface area contributed by atoms with Gasteiger partial charge in [-0.2, -0.15) is 13.2 Å². The minimum Gasteiger partial charge on any atom is -0.294 e. The van der Waals surface area contributed by atoms with Gasteiger partial charge < -0.3 is 0 Å². The lowest BCUT2D eigenvalue weighted by Crippen LogP contribution is -2.08. The molecule has 0 aliphatic heterocycles. The Balaban J connectivity index is 2.00. The van der Waals surface area contributed by atoms with Gasteiger partial charge in [-0.25, -0.2) is 0 Å². The molecule has 0 saturated heterocycles. The molecule has 2 rings (SSSR count). The molecule has 2 nitrogen and oxygen atoms in total. The Morgan fingerprint density at radius 1 is 0.870 bits per heavy atom. The molecular formula is C17H12ClF3O2. The lowest BCUT2D eigenvalue weighted by Gasteiger charge is -2.07. The summed E-state index contributed by atoms with van der Waals surface area (Å²) < 4.78 is 37.4. The van der Waals surface area contributed by atoms with Crippen molar-refractivity contribution in [3.63, 3.8) is 0 Å². The molecular weight excluding hydrogens is 329 g/mol. The van der Waals surface area contributed by atoms with Crippen LogP contribution in [0.5, 0.6) is 0 Å². The molecule has 0 heterocycles. The molecule has 0 bridgehead atoms. The maximum absolute atomic E-state index is 12.5. The van der Waals surface area contributed by atoms with Crippen LogP contribution in [0.2, 0.25) is 5.02 Å². The average molecular weight is 341 g/mol. The summed E-state index contributed by atoms with van der Waals surface area (Å²) >= 11 is 5.90. The highest BCUT2D eigenvalue weighted by Gasteiger charge is 2.30. The van der Waals surface area contributed by atoms with E-state index in [2.05, 4.69) is 0 Å². The van der Waals surface area contributed by atoms with Gasteiger partial charge in [-0.15, -0.1) is 0 Å².